The van der Waals surface area contributed by atoms with Crippen molar-refractivity contribution >= 4 is 10.1 Å². The van der Waals surface area contributed by atoms with Crippen LogP contribution in [0.1, 0.15) is 30.9 Å². The summed E-state index contributed by atoms with van der Waals surface area (Å²) in [6, 6.07) is 24.7. The van der Waals surface area contributed by atoms with E-state index in [-0.39, 0.29) is 16.3 Å². The summed E-state index contributed by atoms with van der Waals surface area (Å²) in [5, 5.41) is 0. The Kier molecular flexibility index (Phi) is 6.51. The summed E-state index contributed by atoms with van der Waals surface area (Å²) < 4.78 is 35.2. The molecule has 1 heterocycles. The van der Waals surface area contributed by atoms with Crippen LogP contribution in [0.5, 0.6) is 5.88 Å². The number of aryl methyl sites for hydroxylation is 1. The summed E-state index contributed by atoms with van der Waals surface area (Å²) in [7, 11) is -4.17. The summed E-state index contributed by atoms with van der Waals surface area (Å²) >= 11 is 0. The lowest BCUT2D eigenvalue weighted by Gasteiger charge is -2.15. The van der Waals surface area contributed by atoms with E-state index in [1.54, 1.807) is 16.8 Å². The normalized spacial score (nSPS) is 11.5. The molecule has 0 aliphatic rings. The molecule has 3 aromatic carbocycles. The summed E-state index contributed by atoms with van der Waals surface area (Å²) in [5.74, 6) is 0.0177. The van der Waals surface area contributed by atoms with E-state index >= 15 is 0 Å². The fourth-order valence-corrected chi connectivity index (χ4v) is 4.59. The topological polar surface area (TPSA) is 70.3 Å². The fraction of sp³-hybridized carbons (Fsp3) is 0.192. The van der Waals surface area contributed by atoms with Crippen LogP contribution >= 0.6 is 0 Å². The van der Waals surface area contributed by atoms with Gasteiger partial charge in [-0.15, -0.1) is 0 Å². The second-order valence-corrected chi connectivity index (χ2v) is 9.38. The zero-order chi connectivity index (χ0) is 23.4. The molecule has 4 aromatic rings. The molecule has 7 heteroatoms. The largest absolute Gasteiger partial charge is 0.358 e. The van der Waals surface area contributed by atoms with Crippen molar-refractivity contribution in [3.05, 3.63) is 106 Å². The average molecular weight is 463 g/mol. The summed E-state index contributed by atoms with van der Waals surface area (Å²) in [6.45, 7) is 3.90. The summed E-state index contributed by atoms with van der Waals surface area (Å²) in [5.41, 5.74) is 2.21. The molecule has 170 valence electrons. The highest BCUT2D eigenvalue weighted by atomic mass is 32.2. The van der Waals surface area contributed by atoms with E-state index in [1.807, 2.05) is 74.5 Å². The molecule has 0 amide bonds. The first-order valence-corrected chi connectivity index (χ1v) is 12.3. The molecule has 4 rings (SSSR count). The van der Waals surface area contributed by atoms with Crippen molar-refractivity contribution < 1.29 is 12.6 Å². The second kappa shape index (κ2) is 9.50. The van der Waals surface area contributed by atoms with Crippen LogP contribution < -0.4 is 9.74 Å². The van der Waals surface area contributed by atoms with Gasteiger partial charge in [0.05, 0.1) is 16.9 Å². The van der Waals surface area contributed by atoms with Crippen molar-refractivity contribution in [2.75, 3.05) is 0 Å². The lowest BCUT2D eigenvalue weighted by molar-refractivity contribution is 0.456. The number of para-hydroxylation sites is 2. The Bertz CT molecular complexity index is 1390. The van der Waals surface area contributed by atoms with Crippen LogP contribution in [0.4, 0.5) is 0 Å². The molecule has 0 atom stereocenters. The molecule has 0 aliphatic carbocycles. The Balaban J connectivity index is 1.98. The number of nitrogens with zero attached hydrogens (tertiary/aromatic N) is 2. The van der Waals surface area contributed by atoms with Crippen LogP contribution in [-0.2, 0) is 16.5 Å². The van der Waals surface area contributed by atoms with Gasteiger partial charge >= 0.3 is 10.1 Å². The van der Waals surface area contributed by atoms with Crippen molar-refractivity contribution in [2.24, 2.45) is 0 Å². The molecular weight excluding hydrogens is 436 g/mol. The van der Waals surface area contributed by atoms with Crippen LogP contribution in [0.3, 0.4) is 0 Å². The predicted octanol–water partition coefficient (Wildman–Crippen LogP) is 5.05. The molecule has 0 radical (unpaired) electrons. The maximum absolute atomic E-state index is 13.6. The van der Waals surface area contributed by atoms with Crippen molar-refractivity contribution in [3.8, 4) is 17.3 Å². The number of hydrogen-bond donors (Lipinski definition) is 0. The van der Waals surface area contributed by atoms with Crippen molar-refractivity contribution in [1.82, 2.24) is 9.36 Å². The van der Waals surface area contributed by atoms with E-state index in [2.05, 4.69) is 0 Å². The summed E-state index contributed by atoms with van der Waals surface area (Å²) in [6.07, 6.45) is 1.98. The maximum Gasteiger partial charge on any atom is 0.340 e. The van der Waals surface area contributed by atoms with Crippen molar-refractivity contribution in [3.63, 3.8) is 0 Å². The van der Waals surface area contributed by atoms with Crippen LogP contribution in [0.25, 0.3) is 11.4 Å². The van der Waals surface area contributed by atoms with E-state index < -0.39 is 10.1 Å². The van der Waals surface area contributed by atoms with Gasteiger partial charge in [-0.05, 0) is 56.2 Å². The molecule has 0 saturated heterocycles. The Hall–Kier alpha value is -3.58. The van der Waals surface area contributed by atoms with Crippen LogP contribution in [0.15, 0.2) is 94.6 Å². The number of benzene rings is 3. The maximum atomic E-state index is 13.6. The Labute approximate surface area is 193 Å². The zero-order valence-corrected chi connectivity index (χ0v) is 19.5. The lowest BCUT2D eigenvalue weighted by Crippen LogP contribution is -2.22. The first-order valence-electron chi connectivity index (χ1n) is 10.9. The number of unbranched alkanes of at least 4 members (excludes halogenated alkanes) is 1. The minimum atomic E-state index is -4.17. The molecule has 0 saturated carbocycles. The third-order valence-electron chi connectivity index (χ3n) is 5.38. The minimum absolute atomic E-state index is 0.0177. The molecule has 0 unspecified atom stereocenters. The van der Waals surface area contributed by atoms with Crippen LogP contribution in [0, 0.1) is 6.92 Å². The van der Waals surface area contributed by atoms with Gasteiger partial charge in [-0.1, -0.05) is 67.4 Å². The van der Waals surface area contributed by atoms with E-state index in [0.717, 1.165) is 18.4 Å². The predicted molar refractivity (Wildman–Crippen MR) is 129 cm³/mol. The number of aromatic nitrogens is 2. The molecule has 1 aromatic heterocycles. The van der Waals surface area contributed by atoms with E-state index in [9.17, 15) is 13.2 Å². The zero-order valence-electron chi connectivity index (χ0n) is 18.6. The molecule has 0 fully saturated rings. The molecule has 33 heavy (non-hydrogen) atoms. The van der Waals surface area contributed by atoms with Gasteiger partial charge in [0.1, 0.15) is 4.90 Å². The third kappa shape index (κ3) is 4.64. The molecule has 0 aliphatic heterocycles. The average Bonchev–Trinajstić information content (AvgIpc) is 3.09. The minimum Gasteiger partial charge on any atom is -0.358 e. The molecule has 0 bridgehead atoms. The van der Waals surface area contributed by atoms with Crippen LogP contribution in [0.2, 0.25) is 0 Å². The van der Waals surface area contributed by atoms with Gasteiger partial charge in [0, 0.05) is 0 Å². The van der Waals surface area contributed by atoms with E-state index in [0.29, 0.717) is 23.4 Å². The molecule has 0 spiro atoms. The highest BCUT2D eigenvalue weighted by molar-refractivity contribution is 7.87. The SMILES string of the molecule is CCCCc1c(OS(=O)(=O)c2ccc(C)cc2)n(-c2ccccc2)n(-c2ccccc2)c1=O. The number of rotatable bonds is 8. The first-order chi connectivity index (χ1) is 15.9. The van der Waals surface area contributed by atoms with Crippen molar-refractivity contribution in [2.45, 2.75) is 38.0 Å². The third-order valence-corrected chi connectivity index (χ3v) is 6.61. The number of hydrogen-bond acceptors (Lipinski definition) is 4. The van der Waals surface area contributed by atoms with Gasteiger partial charge in [-0.25, -0.2) is 9.36 Å². The quantitative estimate of drug-likeness (QED) is 0.344. The second-order valence-electron chi connectivity index (χ2n) is 7.84. The monoisotopic (exact) mass is 462 g/mol. The van der Waals surface area contributed by atoms with Gasteiger partial charge in [0.25, 0.3) is 5.56 Å². The molecular formula is C26H26N2O4S. The lowest BCUT2D eigenvalue weighted by atomic mass is 10.1. The Morgan fingerprint density at radius 1 is 0.788 bits per heavy atom. The fourth-order valence-electron chi connectivity index (χ4n) is 3.64. The summed E-state index contributed by atoms with van der Waals surface area (Å²) in [4.78, 5) is 13.7. The van der Waals surface area contributed by atoms with Gasteiger partial charge < -0.3 is 4.18 Å². The van der Waals surface area contributed by atoms with E-state index in [1.165, 1.54) is 16.8 Å². The molecule has 0 N–H and O–H groups in total. The Morgan fingerprint density at radius 3 is 1.88 bits per heavy atom. The Morgan fingerprint density at radius 2 is 1.33 bits per heavy atom. The van der Waals surface area contributed by atoms with Gasteiger partial charge in [0.2, 0.25) is 5.88 Å². The first kappa shape index (κ1) is 22.6. The van der Waals surface area contributed by atoms with Crippen LogP contribution in [-0.4, -0.2) is 17.8 Å². The van der Waals surface area contributed by atoms with Gasteiger partial charge in [-0.2, -0.15) is 8.42 Å². The van der Waals surface area contributed by atoms with Crippen molar-refractivity contribution in [1.29, 1.82) is 0 Å². The van der Waals surface area contributed by atoms with Gasteiger partial charge in [-0.3, -0.25) is 4.79 Å². The highest BCUT2D eigenvalue weighted by Gasteiger charge is 2.28. The highest BCUT2D eigenvalue weighted by Crippen LogP contribution is 2.28. The van der Waals surface area contributed by atoms with E-state index in [4.69, 9.17) is 4.18 Å². The standard InChI is InChI=1S/C26H26N2O4S/c1-3-4-15-24-25(29)27(21-11-7-5-8-12-21)28(22-13-9-6-10-14-22)26(24)32-33(30,31)23-18-16-20(2)17-19-23/h5-14,16-19H,3-4,15H2,1-2H3. The van der Waals surface area contributed by atoms with Gasteiger partial charge in [0.15, 0.2) is 0 Å². The molecule has 6 nitrogen and oxygen atoms in total. The smallest absolute Gasteiger partial charge is 0.340 e.